The van der Waals surface area contributed by atoms with E-state index in [9.17, 15) is 4.79 Å². The lowest BCUT2D eigenvalue weighted by atomic mass is 9.85. The third kappa shape index (κ3) is 3.23. The van der Waals surface area contributed by atoms with Crippen LogP contribution in [0, 0.1) is 12.8 Å². The first-order valence-electron chi connectivity index (χ1n) is 6.86. The van der Waals surface area contributed by atoms with Crippen molar-refractivity contribution in [1.82, 2.24) is 15.2 Å². The van der Waals surface area contributed by atoms with Crippen molar-refractivity contribution >= 4 is 11.9 Å². The molecule has 2 rings (SSSR count). The van der Waals surface area contributed by atoms with Crippen molar-refractivity contribution in [2.24, 2.45) is 5.92 Å². The van der Waals surface area contributed by atoms with Gasteiger partial charge >= 0.3 is 0 Å². The van der Waals surface area contributed by atoms with Gasteiger partial charge in [-0.2, -0.15) is 4.98 Å². The molecule has 1 heterocycles. The zero-order valence-electron chi connectivity index (χ0n) is 12.1. The summed E-state index contributed by atoms with van der Waals surface area (Å²) in [5.41, 5.74) is 1.02. The number of hydrogen-bond acceptors (Lipinski definition) is 3. The van der Waals surface area contributed by atoms with Crippen LogP contribution in [0.5, 0.6) is 0 Å². The summed E-state index contributed by atoms with van der Waals surface area (Å²) >= 11 is 0. The molecule has 0 saturated carbocycles. The predicted molar refractivity (Wildman–Crippen MR) is 78.4 cm³/mol. The summed E-state index contributed by atoms with van der Waals surface area (Å²) in [7, 11) is 0. The Labute approximate surface area is 118 Å². The smallest absolute Gasteiger partial charge is 0.248 e. The van der Waals surface area contributed by atoms with Crippen LogP contribution in [-0.4, -0.2) is 21.1 Å². The zero-order valence-corrected chi connectivity index (χ0v) is 12.1. The number of benzene rings is 1. The van der Waals surface area contributed by atoms with Gasteiger partial charge < -0.3 is 0 Å². The second-order valence-electron chi connectivity index (χ2n) is 5.01. The van der Waals surface area contributed by atoms with Crippen LogP contribution in [0.25, 0.3) is 0 Å². The SMILES string of the molecule is CCC(C)C(C(=O)Nc1n[nH]c(C)n1)c1ccccc1. The number of aromatic amines is 1. The molecule has 5 nitrogen and oxygen atoms in total. The van der Waals surface area contributed by atoms with Gasteiger partial charge in [-0.3, -0.25) is 15.2 Å². The minimum absolute atomic E-state index is 0.0652. The number of aromatic nitrogens is 3. The summed E-state index contributed by atoms with van der Waals surface area (Å²) in [5.74, 6) is 0.999. The van der Waals surface area contributed by atoms with Crippen LogP contribution in [-0.2, 0) is 4.79 Å². The molecule has 0 radical (unpaired) electrons. The lowest BCUT2D eigenvalue weighted by Gasteiger charge is -2.21. The number of nitrogens with one attached hydrogen (secondary N) is 2. The molecule has 1 aromatic carbocycles. The van der Waals surface area contributed by atoms with Gasteiger partial charge in [-0.25, -0.2) is 0 Å². The Hall–Kier alpha value is -2.17. The summed E-state index contributed by atoms with van der Waals surface area (Å²) in [4.78, 5) is 16.6. The van der Waals surface area contributed by atoms with Gasteiger partial charge in [0.05, 0.1) is 5.92 Å². The molecule has 0 aliphatic heterocycles. The topological polar surface area (TPSA) is 70.7 Å². The maximum Gasteiger partial charge on any atom is 0.248 e. The van der Waals surface area contributed by atoms with E-state index in [1.165, 1.54) is 0 Å². The van der Waals surface area contributed by atoms with E-state index in [4.69, 9.17) is 0 Å². The molecule has 0 spiro atoms. The van der Waals surface area contributed by atoms with Gasteiger partial charge in [0, 0.05) is 0 Å². The Morgan fingerprint density at radius 2 is 2.05 bits per heavy atom. The molecule has 0 fully saturated rings. The van der Waals surface area contributed by atoms with E-state index in [0.717, 1.165) is 12.0 Å². The Morgan fingerprint density at radius 3 is 2.60 bits per heavy atom. The van der Waals surface area contributed by atoms with Crippen LogP contribution in [0.15, 0.2) is 30.3 Å². The van der Waals surface area contributed by atoms with Gasteiger partial charge in [-0.15, -0.1) is 5.10 Å². The molecule has 1 amide bonds. The number of anilines is 1. The molecule has 5 heteroatoms. The third-order valence-corrected chi connectivity index (χ3v) is 3.49. The first kappa shape index (κ1) is 14.2. The number of amides is 1. The predicted octanol–water partition coefficient (Wildman–Crippen LogP) is 2.88. The molecule has 2 N–H and O–H groups in total. The van der Waals surface area contributed by atoms with E-state index < -0.39 is 0 Å². The lowest BCUT2D eigenvalue weighted by molar-refractivity contribution is -0.118. The number of rotatable bonds is 5. The summed E-state index contributed by atoms with van der Waals surface area (Å²) in [5, 5.41) is 9.45. The Morgan fingerprint density at radius 1 is 1.35 bits per heavy atom. The minimum Gasteiger partial charge on any atom is -0.293 e. The number of hydrogen-bond donors (Lipinski definition) is 2. The lowest BCUT2D eigenvalue weighted by Crippen LogP contribution is -2.26. The molecule has 20 heavy (non-hydrogen) atoms. The van der Waals surface area contributed by atoms with Crippen molar-refractivity contribution in [2.75, 3.05) is 5.32 Å². The van der Waals surface area contributed by atoms with Gasteiger partial charge in [-0.05, 0) is 18.4 Å². The molecule has 0 aliphatic rings. The fraction of sp³-hybridized carbons (Fsp3) is 0.400. The number of carbonyl (C=O) groups is 1. The highest BCUT2D eigenvalue weighted by molar-refractivity contribution is 5.94. The fourth-order valence-corrected chi connectivity index (χ4v) is 2.22. The van der Waals surface area contributed by atoms with Crippen LogP contribution in [0.3, 0.4) is 0 Å². The molecule has 2 aromatic rings. The molecule has 1 aromatic heterocycles. The average Bonchev–Trinajstić information content (AvgIpc) is 2.85. The van der Waals surface area contributed by atoms with E-state index in [1.54, 1.807) is 6.92 Å². The van der Waals surface area contributed by atoms with Crippen LogP contribution >= 0.6 is 0 Å². The van der Waals surface area contributed by atoms with Gasteiger partial charge in [0.25, 0.3) is 0 Å². The third-order valence-electron chi connectivity index (χ3n) is 3.49. The summed E-state index contributed by atoms with van der Waals surface area (Å²) in [6, 6.07) is 9.83. The standard InChI is InChI=1S/C15H20N4O/c1-4-10(2)13(12-8-6-5-7-9-12)14(20)17-15-16-11(3)18-19-15/h5-10,13H,4H2,1-3H3,(H2,16,17,18,19,20). The quantitative estimate of drug-likeness (QED) is 0.879. The van der Waals surface area contributed by atoms with E-state index in [0.29, 0.717) is 11.8 Å². The fourth-order valence-electron chi connectivity index (χ4n) is 2.22. The van der Waals surface area contributed by atoms with Crippen LogP contribution in [0.1, 0.15) is 37.6 Å². The van der Waals surface area contributed by atoms with E-state index >= 15 is 0 Å². The number of aryl methyl sites for hydroxylation is 1. The maximum absolute atomic E-state index is 12.5. The monoisotopic (exact) mass is 272 g/mol. The van der Waals surface area contributed by atoms with Crippen LogP contribution in [0.2, 0.25) is 0 Å². The zero-order chi connectivity index (χ0) is 14.5. The highest BCUT2D eigenvalue weighted by Crippen LogP contribution is 2.28. The molecule has 0 saturated heterocycles. The van der Waals surface area contributed by atoms with Gasteiger partial charge in [0.15, 0.2) is 0 Å². The van der Waals surface area contributed by atoms with E-state index in [2.05, 4.69) is 34.3 Å². The first-order valence-corrected chi connectivity index (χ1v) is 6.86. The Balaban J connectivity index is 2.20. The largest absolute Gasteiger partial charge is 0.293 e. The average molecular weight is 272 g/mol. The summed E-state index contributed by atoms with van der Waals surface area (Å²) in [6.07, 6.45) is 0.931. The highest BCUT2D eigenvalue weighted by atomic mass is 16.2. The molecular formula is C15H20N4O. The van der Waals surface area contributed by atoms with Crippen molar-refractivity contribution in [3.63, 3.8) is 0 Å². The van der Waals surface area contributed by atoms with Crippen LogP contribution < -0.4 is 5.32 Å². The second-order valence-corrected chi connectivity index (χ2v) is 5.01. The van der Waals surface area contributed by atoms with Gasteiger partial charge in [-0.1, -0.05) is 50.6 Å². The van der Waals surface area contributed by atoms with Crippen molar-refractivity contribution in [3.8, 4) is 0 Å². The first-order chi connectivity index (χ1) is 9.61. The number of carbonyl (C=O) groups excluding carboxylic acids is 1. The minimum atomic E-state index is -0.194. The Bertz CT molecular complexity index is 564. The molecule has 2 atom stereocenters. The molecule has 2 unspecified atom stereocenters. The number of H-pyrrole nitrogens is 1. The second kappa shape index (κ2) is 6.32. The van der Waals surface area contributed by atoms with E-state index in [1.807, 2.05) is 30.3 Å². The summed E-state index contributed by atoms with van der Waals surface area (Å²) < 4.78 is 0. The molecular weight excluding hydrogens is 252 g/mol. The van der Waals surface area contributed by atoms with Crippen molar-refractivity contribution in [2.45, 2.75) is 33.1 Å². The molecule has 0 aliphatic carbocycles. The van der Waals surface area contributed by atoms with Crippen molar-refractivity contribution in [3.05, 3.63) is 41.7 Å². The molecule has 106 valence electrons. The van der Waals surface area contributed by atoms with Gasteiger partial charge in [0.1, 0.15) is 5.82 Å². The van der Waals surface area contributed by atoms with Crippen molar-refractivity contribution < 1.29 is 4.79 Å². The maximum atomic E-state index is 12.5. The summed E-state index contributed by atoms with van der Waals surface area (Å²) in [6.45, 7) is 5.97. The van der Waals surface area contributed by atoms with Crippen LogP contribution in [0.4, 0.5) is 5.95 Å². The van der Waals surface area contributed by atoms with Gasteiger partial charge in [0.2, 0.25) is 11.9 Å². The van der Waals surface area contributed by atoms with E-state index in [-0.39, 0.29) is 17.7 Å². The number of nitrogens with zero attached hydrogens (tertiary/aromatic N) is 2. The van der Waals surface area contributed by atoms with Crippen molar-refractivity contribution in [1.29, 1.82) is 0 Å². The molecule has 0 bridgehead atoms. The normalized spacial score (nSPS) is 13.8. The Kier molecular flexibility index (Phi) is 4.50. The highest BCUT2D eigenvalue weighted by Gasteiger charge is 2.26.